The number of benzene rings is 2. The van der Waals surface area contributed by atoms with Crippen LogP contribution >= 0.6 is 23.2 Å². The second-order valence-electron chi connectivity index (χ2n) is 5.89. The summed E-state index contributed by atoms with van der Waals surface area (Å²) in [5.41, 5.74) is 4.40. The summed E-state index contributed by atoms with van der Waals surface area (Å²) >= 11 is 12.5. The van der Waals surface area contributed by atoms with Crippen molar-refractivity contribution in [3.8, 4) is 0 Å². The Morgan fingerprint density at radius 2 is 1.79 bits per heavy atom. The van der Waals surface area contributed by atoms with Crippen molar-refractivity contribution < 1.29 is 0 Å². The lowest BCUT2D eigenvalue weighted by molar-refractivity contribution is 0.865. The highest BCUT2D eigenvalue weighted by atomic mass is 35.5. The molecule has 4 heteroatoms. The molecule has 0 fully saturated rings. The predicted octanol–water partition coefficient (Wildman–Crippen LogP) is 6.11. The minimum Gasteiger partial charge on any atom is -0.335 e. The first-order valence-electron chi connectivity index (χ1n) is 7.97. The van der Waals surface area contributed by atoms with Gasteiger partial charge in [0.1, 0.15) is 0 Å². The lowest BCUT2D eigenvalue weighted by Gasteiger charge is -2.10. The quantitative estimate of drug-likeness (QED) is 0.434. The molecule has 120 valence electrons. The Kier molecular flexibility index (Phi) is 3.95. The van der Waals surface area contributed by atoms with Crippen LogP contribution < -0.4 is 0 Å². The third-order valence-corrected chi connectivity index (χ3v) is 5.02. The molecular formula is C20H16Cl2N2. The van der Waals surface area contributed by atoms with Gasteiger partial charge in [-0.1, -0.05) is 48.3 Å². The average Bonchev–Trinajstić information content (AvgIpc) is 2.92. The summed E-state index contributed by atoms with van der Waals surface area (Å²) in [6.45, 7) is 2.79. The van der Waals surface area contributed by atoms with Gasteiger partial charge < -0.3 is 4.57 Å². The summed E-state index contributed by atoms with van der Waals surface area (Å²) < 4.78 is 2.26. The van der Waals surface area contributed by atoms with Crippen LogP contribution in [0, 0.1) is 0 Å². The maximum atomic E-state index is 6.38. The first kappa shape index (κ1) is 15.5. The Morgan fingerprint density at radius 3 is 2.62 bits per heavy atom. The second-order valence-corrected chi connectivity index (χ2v) is 6.73. The maximum Gasteiger partial charge on any atom is 0.0681 e. The largest absolute Gasteiger partial charge is 0.335 e. The van der Waals surface area contributed by atoms with Crippen molar-refractivity contribution >= 4 is 45.0 Å². The van der Waals surface area contributed by atoms with Gasteiger partial charge in [-0.3, -0.25) is 4.98 Å². The van der Waals surface area contributed by atoms with Crippen molar-refractivity contribution in [3.05, 3.63) is 76.0 Å². The molecule has 2 aromatic heterocycles. The molecule has 4 aromatic rings. The Balaban J connectivity index is 1.97. The fraction of sp³-hybridized carbons (Fsp3) is 0.150. The first-order valence-corrected chi connectivity index (χ1v) is 8.72. The number of hydrogen-bond acceptors (Lipinski definition) is 1. The molecule has 4 rings (SSSR count). The van der Waals surface area contributed by atoms with Gasteiger partial charge in [0.2, 0.25) is 0 Å². The van der Waals surface area contributed by atoms with E-state index < -0.39 is 0 Å². The number of fused-ring (bicyclic) bond motifs is 3. The number of aromatic nitrogens is 2. The van der Waals surface area contributed by atoms with E-state index in [9.17, 15) is 0 Å². The molecule has 0 saturated heterocycles. The summed E-state index contributed by atoms with van der Waals surface area (Å²) in [4.78, 5) is 4.58. The molecule has 2 nitrogen and oxygen atoms in total. The minimum absolute atomic E-state index is 0.663. The summed E-state index contributed by atoms with van der Waals surface area (Å²) in [5.74, 6) is 0. The molecule has 0 bridgehead atoms. The Hall–Kier alpha value is -2.03. The van der Waals surface area contributed by atoms with Crippen LogP contribution in [0.4, 0.5) is 0 Å². The fourth-order valence-corrected chi connectivity index (χ4v) is 3.56. The van der Waals surface area contributed by atoms with Crippen molar-refractivity contribution in [1.29, 1.82) is 0 Å². The van der Waals surface area contributed by atoms with E-state index in [-0.39, 0.29) is 0 Å². The smallest absolute Gasteiger partial charge is 0.0681 e. The number of rotatable bonds is 3. The van der Waals surface area contributed by atoms with Crippen LogP contribution in [0.25, 0.3) is 21.8 Å². The second kappa shape index (κ2) is 6.12. The molecule has 0 aliphatic heterocycles. The zero-order valence-electron chi connectivity index (χ0n) is 13.3. The number of aryl methyl sites for hydroxylation is 1. The summed E-state index contributed by atoms with van der Waals surface area (Å²) in [6.07, 6.45) is 2.89. The van der Waals surface area contributed by atoms with Gasteiger partial charge >= 0.3 is 0 Å². The molecule has 24 heavy (non-hydrogen) atoms. The Bertz CT molecular complexity index is 1050. The van der Waals surface area contributed by atoms with Gasteiger partial charge in [-0.05, 0) is 42.3 Å². The molecule has 0 aliphatic rings. The van der Waals surface area contributed by atoms with Gasteiger partial charge in [-0.25, -0.2) is 0 Å². The Labute approximate surface area is 150 Å². The van der Waals surface area contributed by atoms with Crippen molar-refractivity contribution in [1.82, 2.24) is 9.55 Å². The minimum atomic E-state index is 0.663. The molecule has 0 radical (unpaired) electrons. The molecule has 0 atom stereocenters. The van der Waals surface area contributed by atoms with E-state index in [2.05, 4.69) is 46.8 Å². The van der Waals surface area contributed by atoms with E-state index in [1.165, 1.54) is 16.3 Å². The third-order valence-electron chi connectivity index (χ3n) is 4.41. The van der Waals surface area contributed by atoms with E-state index in [1.807, 2.05) is 24.4 Å². The maximum absolute atomic E-state index is 6.38. The summed E-state index contributed by atoms with van der Waals surface area (Å²) in [7, 11) is 0. The van der Waals surface area contributed by atoms with Gasteiger partial charge in [-0.2, -0.15) is 0 Å². The standard InChI is InChI=1S/C20H16Cl2N2/c1-2-15-10-17-16-5-3-4-6-19(16)24(20(17)11-23-15)12-13-9-14(21)7-8-18(13)22/h3-11H,2,12H2,1H3. The SMILES string of the molecule is CCc1cc2c3ccccc3n(Cc3cc(Cl)ccc3Cl)c2cn1. The van der Waals surface area contributed by atoms with Gasteiger partial charge in [-0.15, -0.1) is 0 Å². The highest BCUT2D eigenvalue weighted by molar-refractivity contribution is 6.33. The third kappa shape index (κ3) is 2.56. The van der Waals surface area contributed by atoms with E-state index in [1.54, 1.807) is 0 Å². The zero-order valence-corrected chi connectivity index (χ0v) is 14.8. The fourth-order valence-electron chi connectivity index (χ4n) is 3.19. The van der Waals surface area contributed by atoms with Crippen molar-refractivity contribution in [2.75, 3.05) is 0 Å². The van der Waals surface area contributed by atoms with Crippen molar-refractivity contribution in [2.45, 2.75) is 19.9 Å². The molecular weight excluding hydrogens is 339 g/mol. The number of para-hydroxylation sites is 1. The van der Waals surface area contributed by atoms with E-state index in [0.717, 1.165) is 28.2 Å². The van der Waals surface area contributed by atoms with Gasteiger partial charge in [0.25, 0.3) is 0 Å². The van der Waals surface area contributed by atoms with Crippen LogP contribution in [-0.2, 0) is 13.0 Å². The van der Waals surface area contributed by atoms with E-state index in [0.29, 0.717) is 11.6 Å². The highest BCUT2D eigenvalue weighted by Crippen LogP contribution is 2.31. The molecule has 0 amide bonds. The lowest BCUT2D eigenvalue weighted by atomic mass is 10.1. The highest BCUT2D eigenvalue weighted by Gasteiger charge is 2.13. The monoisotopic (exact) mass is 354 g/mol. The van der Waals surface area contributed by atoms with Gasteiger partial charge in [0, 0.05) is 38.6 Å². The van der Waals surface area contributed by atoms with Crippen molar-refractivity contribution in [2.24, 2.45) is 0 Å². The van der Waals surface area contributed by atoms with Crippen LogP contribution in [0.5, 0.6) is 0 Å². The number of pyridine rings is 1. The lowest BCUT2D eigenvalue weighted by Crippen LogP contribution is -2.00. The van der Waals surface area contributed by atoms with Gasteiger partial charge in [0.05, 0.1) is 11.7 Å². The predicted molar refractivity (Wildman–Crippen MR) is 102 cm³/mol. The summed E-state index contributed by atoms with van der Waals surface area (Å²) in [5, 5.41) is 3.89. The van der Waals surface area contributed by atoms with Gasteiger partial charge in [0.15, 0.2) is 0 Å². The van der Waals surface area contributed by atoms with Crippen LogP contribution in [0.2, 0.25) is 10.0 Å². The van der Waals surface area contributed by atoms with E-state index >= 15 is 0 Å². The molecule has 2 aromatic carbocycles. The van der Waals surface area contributed by atoms with Crippen LogP contribution in [0.1, 0.15) is 18.2 Å². The first-order chi connectivity index (χ1) is 11.7. The molecule has 0 unspecified atom stereocenters. The molecule has 0 saturated carbocycles. The number of hydrogen-bond donors (Lipinski definition) is 0. The average molecular weight is 355 g/mol. The normalized spacial score (nSPS) is 11.5. The number of nitrogens with zero attached hydrogens (tertiary/aromatic N) is 2. The Morgan fingerprint density at radius 1 is 0.958 bits per heavy atom. The topological polar surface area (TPSA) is 17.8 Å². The zero-order chi connectivity index (χ0) is 16.7. The summed E-state index contributed by atoms with van der Waals surface area (Å²) in [6, 6.07) is 16.2. The number of halogens is 2. The van der Waals surface area contributed by atoms with Crippen LogP contribution in [0.15, 0.2) is 54.7 Å². The van der Waals surface area contributed by atoms with E-state index in [4.69, 9.17) is 23.2 Å². The van der Waals surface area contributed by atoms with Crippen molar-refractivity contribution in [3.63, 3.8) is 0 Å². The molecule has 0 spiro atoms. The van der Waals surface area contributed by atoms with Crippen LogP contribution in [0.3, 0.4) is 0 Å². The van der Waals surface area contributed by atoms with Crippen LogP contribution in [-0.4, -0.2) is 9.55 Å². The molecule has 0 aliphatic carbocycles. The molecule has 2 heterocycles. The molecule has 0 N–H and O–H groups in total.